The summed E-state index contributed by atoms with van der Waals surface area (Å²) in [6, 6.07) is 5.05. The molecule has 1 aromatic carbocycles. The van der Waals surface area contributed by atoms with Crippen molar-refractivity contribution in [1.82, 2.24) is 0 Å². The van der Waals surface area contributed by atoms with Gasteiger partial charge >= 0.3 is 0 Å². The Morgan fingerprint density at radius 1 is 1.40 bits per heavy atom. The Bertz CT molecular complexity index is 465. The average molecular weight is 231 g/mol. The molecule has 15 heavy (non-hydrogen) atoms. The molecule has 6 heteroatoms. The van der Waals surface area contributed by atoms with Gasteiger partial charge in [0, 0.05) is 11.8 Å². The van der Waals surface area contributed by atoms with Crippen molar-refractivity contribution in [1.29, 1.82) is 0 Å². The van der Waals surface area contributed by atoms with Crippen LogP contribution in [-0.4, -0.2) is 31.3 Å². The summed E-state index contributed by atoms with van der Waals surface area (Å²) in [5.74, 6) is -0.815. The van der Waals surface area contributed by atoms with Crippen LogP contribution >= 0.6 is 0 Å². The molecule has 0 atom stereocenters. The van der Waals surface area contributed by atoms with E-state index in [2.05, 4.69) is 5.16 Å². The highest BCUT2D eigenvalue weighted by Crippen LogP contribution is 2.06. The lowest BCUT2D eigenvalue weighted by atomic mass is 10.1. The Balaban J connectivity index is 3.00. The van der Waals surface area contributed by atoms with Crippen molar-refractivity contribution in [2.45, 2.75) is 0 Å². The molecule has 1 aromatic rings. The average Bonchev–Trinajstić information content (AvgIpc) is 2.14. The summed E-state index contributed by atoms with van der Waals surface area (Å²) in [6.07, 6.45) is 1.03. The molecular weight excluding hydrogens is 221 g/mol. The number of nitrogens with zero attached hydrogens (tertiary/aromatic N) is 1. The lowest BCUT2D eigenvalue weighted by Gasteiger charge is -2.02. The van der Waals surface area contributed by atoms with Gasteiger partial charge in [-0.05, 0) is 12.1 Å². The first-order valence-corrected chi connectivity index (χ1v) is 6.13. The van der Waals surface area contributed by atoms with Gasteiger partial charge in [-0.3, -0.25) is 0 Å². The Kier molecular flexibility index (Phi) is 3.41. The van der Waals surface area contributed by atoms with E-state index in [1.54, 1.807) is 0 Å². The number of halogens is 1. The maximum absolute atomic E-state index is 12.6. The van der Waals surface area contributed by atoms with Crippen LogP contribution in [-0.2, 0) is 9.84 Å². The summed E-state index contributed by atoms with van der Waals surface area (Å²) in [7, 11) is -3.28. The van der Waals surface area contributed by atoms with Crippen molar-refractivity contribution in [3.8, 4) is 0 Å². The first-order chi connectivity index (χ1) is 6.92. The van der Waals surface area contributed by atoms with Crippen LogP contribution in [0.3, 0.4) is 0 Å². The third-order valence-electron chi connectivity index (χ3n) is 1.70. The Morgan fingerprint density at radius 2 is 1.93 bits per heavy atom. The van der Waals surface area contributed by atoms with Crippen molar-refractivity contribution in [2.75, 3.05) is 12.0 Å². The molecule has 0 saturated carbocycles. The number of oxime groups is 1. The van der Waals surface area contributed by atoms with Crippen LogP contribution in [0.1, 0.15) is 5.56 Å². The second-order valence-corrected chi connectivity index (χ2v) is 5.26. The SMILES string of the molecule is CS(=O)(=O)C/C(=N\O)c1ccc(F)cc1. The summed E-state index contributed by atoms with van der Waals surface area (Å²) in [5, 5.41) is 11.5. The zero-order chi connectivity index (χ0) is 11.5. The first kappa shape index (κ1) is 11.6. The van der Waals surface area contributed by atoms with Gasteiger partial charge in [0.2, 0.25) is 0 Å². The largest absolute Gasteiger partial charge is 0.411 e. The molecule has 0 unspecified atom stereocenters. The van der Waals surface area contributed by atoms with Gasteiger partial charge in [-0.25, -0.2) is 12.8 Å². The highest BCUT2D eigenvalue weighted by molar-refractivity contribution is 7.91. The van der Waals surface area contributed by atoms with Gasteiger partial charge < -0.3 is 5.21 Å². The molecule has 0 spiro atoms. The minimum atomic E-state index is -3.28. The smallest absolute Gasteiger partial charge is 0.153 e. The molecule has 0 aliphatic carbocycles. The minimum Gasteiger partial charge on any atom is -0.411 e. The molecule has 0 aliphatic heterocycles. The highest BCUT2D eigenvalue weighted by Gasteiger charge is 2.11. The predicted molar refractivity (Wildman–Crippen MR) is 54.4 cm³/mol. The molecule has 4 nitrogen and oxygen atoms in total. The number of hydrogen-bond donors (Lipinski definition) is 1. The van der Waals surface area contributed by atoms with Crippen LogP contribution in [0.2, 0.25) is 0 Å². The minimum absolute atomic E-state index is 0.00231. The molecular formula is C9H10FNO3S. The zero-order valence-corrected chi connectivity index (χ0v) is 8.83. The van der Waals surface area contributed by atoms with Crippen LogP contribution in [0.5, 0.6) is 0 Å². The van der Waals surface area contributed by atoms with Gasteiger partial charge in [0.25, 0.3) is 0 Å². The summed E-state index contributed by atoms with van der Waals surface area (Å²) in [6.45, 7) is 0. The van der Waals surface area contributed by atoms with Crippen molar-refractivity contribution in [3.05, 3.63) is 35.6 Å². The Hall–Kier alpha value is -1.43. The lowest BCUT2D eigenvalue weighted by molar-refractivity contribution is 0.319. The molecule has 0 radical (unpaired) electrons. The number of benzene rings is 1. The van der Waals surface area contributed by atoms with Gasteiger partial charge in [0.15, 0.2) is 9.84 Å². The van der Waals surface area contributed by atoms with Crippen LogP contribution in [0.4, 0.5) is 4.39 Å². The normalized spacial score (nSPS) is 12.8. The molecule has 0 aliphatic rings. The van der Waals surface area contributed by atoms with Crippen molar-refractivity contribution >= 4 is 15.5 Å². The number of sulfone groups is 1. The van der Waals surface area contributed by atoms with E-state index < -0.39 is 15.7 Å². The van der Waals surface area contributed by atoms with Gasteiger partial charge in [0.1, 0.15) is 11.5 Å². The van der Waals surface area contributed by atoms with E-state index in [-0.39, 0.29) is 11.5 Å². The van der Waals surface area contributed by atoms with E-state index in [0.29, 0.717) is 5.56 Å². The summed E-state index contributed by atoms with van der Waals surface area (Å²) < 4.78 is 34.5. The zero-order valence-electron chi connectivity index (χ0n) is 8.01. The Morgan fingerprint density at radius 3 is 2.33 bits per heavy atom. The highest BCUT2D eigenvalue weighted by atomic mass is 32.2. The maximum atomic E-state index is 12.6. The monoisotopic (exact) mass is 231 g/mol. The molecule has 0 bridgehead atoms. The van der Waals surface area contributed by atoms with Gasteiger partial charge in [-0.15, -0.1) is 0 Å². The number of hydrogen-bond acceptors (Lipinski definition) is 4. The van der Waals surface area contributed by atoms with E-state index in [9.17, 15) is 12.8 Å². The third-order valence-corrected chi connectivity index (χ3v) is 2.49. The third kappa shape index (κ3) is 3.67. The molecule has 0 aromatic heterocycles. The van der Waals surface area contributed by atoms with Crippen LogP contribution in [0.25, 0.3) is 0 Å². The second-order valence-electron chi connectivity index (χ2n) is 3.12. The molecule has 0 amide bonds. The number of rotatable bonds is 3. The predicted octanol–water partition coefficient (Wildman–Crippen LogP) is 1.05. The first-order valence-electron chi connectivity index (χ1n) is 4.07. The molecule has 0 heterocycles. The van der Waals surface area contributed by atoms with E-state index in [1.165, 1.54) is 24.3 Å². The summed E-state index contributed by atoms with van der Waals surface area (Å²) >= 11 is 0. The molecule has 0 fully saturated rings. The second kappa shape index (κ2) is 4.39. The van der Waals surface area contributed by atoms with Gasteiger partial charge in [0.05, 0.1) is 5.75 Å². The molecule has 82 valence electrons. The standard InChI is InChI=1S/C9H10FNO3S/c1-15(13,14)6-9(11-12)7-2-4-8(10)5-3-7/h2-5,12H,6H2,1H3/b11-9+. The van der Waals surface area contributed by atoms with Crippen LogP contribution in [0, 0.1) is 5.82 Å². The molecule has 1 N–H and O–H groups in total. The molecule has 0 saturated heterocycles. The van der Waals surface area contributed by atoms with Gasteiger partial charge in [-0.1, -0.05) is 17.3 Å². The Labute approximate surface area is 87.0 Å². The van der Waals surface area contributed by atoms with E-state index >= 15 is 0 Å². The van der Waals surface area contributed by atoms with Crippen molar-refractivity contribution < 1.29 is 18.0 Å². The summed E-state index contributed by atoms with van der Waals surface area (Å²) in [4.78, 5) is 0. The topological polar surface area (TPSA) is 66.7 Å². The van der Waals surface area contributed by atoms with Gasteiger partial charge in [-0.2, -0.15) is 0 Å². The quantitative estimate of drug-likeness (QED) is 0.480. The fourth-order valence-corrected chi connectivity index (χ4v) is 1.78. The lowest BCUT2D eigenvalue weighted by Crippen LogP contribution is -2.15. The maximum Gasteiger partial charge on any atom is 0.153 e. The van der Waals surface area contributed by atoms with Crippen LogP contribution in [0.15, 0.2) is 29.4 Å². The van der Waals surface area contributed by atoms with E-state index in [4.69, 9.17) is 5.21 Å². The summed E-state index contributed by atoms with van der Waals surface area (Å²) in [5.41, 5.74) is 0.377. The van der Waals surface area contributed by atoms with Crippen molar-refractivity contribution in [3.63, 3.8) is 0 Å². The fourth-order valence-electron chi connectivity index (χ4n) is 1.06. The van der Waals surface area contributed by atoms with E-state index in [0.717, 1.165) is 6.26 Å². The van der Waals surface area contributed by atoms with Crippen LogP contribution < -0.4 is 0 Å². The van der Waals surface area contributed by atoms with E-state index in [1.807, 2.05) is 0 Å². The van der Waals surface area contributed by atoms with Crippen molar-refractivity contribution in [2.24, 2.45) is 5.16 Å². The fraction of sp³-hybridized carbons (Fsp3) is 0.222. The molecule has 1 rings (SSSR count).